The molecule has 1 atom stereocenters. The molecule has 80 valence electrons. The van der Waals surface area contributed by atoms with Crippen molar-refractivity contribution in [1.29, 1.82) is 10.5 Å². The number of rotatable bonds is 2. The highest BCUT2D eigenvalue weighted by molar-refractivity contribution is 5.46. The fraction of sp³-hybridized carbons (Fsp3) is 0.0714. The van der Waals surface area contributed by atoms with Gasteiger partial charge in [0.2, 0.25) is 0 Å². The van der Waals surface area contributed by atoms with Gasteiger partial charge in [-0.3, -0.25) is 4.98 Å². The Morgan fingerprint density at radius 3 is 2.53 bits per heavy atom. The summed E-state index contributed by atoms with van der Waals surface area (Å²) in [5.74, 6) is -0.445. The molecular weight excluding hydrogens is 210 g/mol. The lowest BCUT2D eigenvalue weighted by Crippen LogP contribution is -2.01. The van der Waals surface area contributed by atoms with Crippen molar-refractivity contribution in [1.82, 2.24) is 4.98 Å². The second-order valence-electron chi connectivity index (χ2n) is 3.55. The molecule has 3 heteroatoms. The number of pyridine rings is 1. The minimum Gasteiger partial charge on any atom is -0.264 e. The van der Waals surface area contributed by atoms with Crippen molar-refractivity contribution in [3.8, 4) is 12.1 Å². The highest BCUT2D eigenvalue weighted by Crippen LogP contribution is 2.25. The Morgan fingerprint density at radius 2 is 1.88 bits per heavy atom. The summed E-state index contributed by atoms with van der Waals surface area (Å²) in [4.78, 5) is 4.00. The van der Waals surface area contributed by atoms with Crippen LogP contribution in [0.15, 0.2) is 48.8 Å². The van der Waals surface area contributed by atoms with Crippen LogP contribution in [0.25, 0.3) is 0 Å². The van der Waals surface area contributed by atoms with E-state index >= 15 is 0 Å². The number of nitriles is 2. The maximum atomic E-state index is 9.27. The molecule has 0 aliphatic heterocycles. The van der Waals surface area contributed by atoms with Crippen molar-refractivity contribution in [2.75, 3.05) is 0 Å². The zero-order chi connectivity index (χ0) is 12.1. The minimum atomic E-state index is -0.445. The smallest absolute Gasteiger partial charge is 0.0995 e. The lowest BCUT2D eigenvalue weighted by Gasteiger charge is -2.10. The van der Waals surface area contributed by atoms with Crippen LogP contribution in [0.3, 0.4) is 0 Å². The zero-order valence-corrected chi connectivity index (χ0v) is 9.04. The molecule has 0 N–H and O–H groups in total. The van der Waals surface area contributed by atoms with Gasteiger partial charge < -0.3 is 0 Å². The largest absolute Gasteiger partial charge is 0.264 e. The predicted molar refractivity (Wildman–Crippen MR) is 62.9 cm³/mol. The summed E-state index contributed by atoms with van der Waals surface area (Å²) in [6.45, 7) is 0. The molecule has 0 saturated heterocycles. The van der Waals surface area contributed by atoms with E-state index in [1.165, 1.54) is 0 Å². The summed E-state index contributed by atoms with van der Waals surface area (Å²) in [5, 5.41) is 18.3. The Morgan fingerprint density at radius 1 is 1.06 bits per heavy atom. The maximum Gasteiger partial charge on any atom is 0.0995 e. The van der Waals surface area contributed by atoms with E-state index in [1.807, 2.05) is 12.1 Å². The van der Waals surface area contributed by atoms with Gasteiger partial charge in [-0.15, -0.1) is 0 Å². The van der Waals surface area contributed by atoms with E-state index in [-0.39, 0.29) is 0 Å². The Balaban J connectivity index is 2.52. The lowest BCUT2D eigenvalue weighted by atomic mass is 9.90. The van der Waals surface area contributed by atoms with Gasteiger partial charge in [-0.2, -0.15) is 10.5 Å². The number of benzene rings is 1. The third-order valence-electron chi connectivity index (χ3n) is 2.54. The highest BCUT2D eigenvalue weighted by Gasteiger charge is 2.16. The molecular formula is C14H9N3. The van der Waals surface area contributed by atoms with Crippen molar-refractivity contribution in [3.63, 3.8) is 0 Å². The van der Waals surface area contributed by atoms with E-state index in [2.05, 4.69) is 17.1 Å². The van der Waals surface area contributed by atoms with E-state index in [4.69, 9.17) is 5.26 Å². The van der Waals surface area contributed by atoms with E-state index in [0.717, 1.165) is 11.1 Å². The van der Waals surface area contributed by atoms with Gasteiger partial charge in [0.05, 0.1) is 23.6 Å². The fourth-order valence-electron chi connectivity index (χ4n) is 1.72. The van der Waals surface area contributed by atoms with Crippen LogP contribution < -0.4 is 0 Å². The summed E-state index contributed by atoms with van der Waals surface area (Å²) >= 11 is 0. The summed E-state index contributed by atoms with van der Waals surface area (Å²) in [5.41, 5.74) is 2.06. The monoisotopic (exact) mass is 219 g/mol. The van der Waals surface area contributed by atoms with Gasteiger partial charge in [0, 0.05) is 12.4 Å². The van der Waals surface area contributed by atoms with Gasteiger partial charge >= 0.3 is 0 Å². The van der Waals surface area contributed by atoms with Crippen molar-refractivity contribution in [3.05, 3.63) is 65.5 Å². The Labute approximate surface area is 99.6 Å². The lowest BCUT2D eigenvalue weighted by molar-refractivity contribution is 1.01. The molecule has 0 aliphatic rings. The standard InChI is InChI=1S/C14H9N3/c15-8-11-4-1-2-6-13(11)14(9-16)12-5-3-7-17-10-12/h1-7,10,14H. The molecule has 2 rings (SSSR count). The van der Waals surface area contributed by atoms with Crippen LogP contribution in [0.5, 0.6) is 0 Å². The van der Waals surface area contributed by atoms with Crippen LogP contribution in [0.4, 0.5) is 0 Å². The van der Waals surface area contributed by atoms with E-state index in [1.54, 1.807) is 36.7 Å². The number of hydrogen-bond acceptors (Lipinski definition) is 3. The second kappa shape index (κ2) is 4.92. The van der Waals surface area contributed by atoms with Gasteiger partial charge in [0.15, 0.2) is 0 Å². The molecule has 0 aliphatic carbocycles. The van der Waals surface area contributed by atoms with Crippen LogP contribution in [-0.2, 0) is 0 Å². The van der Waals surface area contributed by atoms with Gasteiger partial charge in [0.25, 0.3) is 0 Å². The average molecular weight is 219 g/mol. The fourth-order valence-corrected chi connectivity index (χ4v) is 1.72. The van der Waals surface area contributed by atoms with Gasteiger partial charge in [-0.25, -0.2) is 0 Å². The normalized spacial score (nSPS) is 11.2. The molecule has 1 aromatic heterocycles. The third kappa shape index (κ3) is 2.14. The third-order valence-corrected chi connectivity index (χ3v) is 2.54. The molecule has 0 saturated carbocycles. The second-order valence-corrected chi connectivity index (χ2v) is 3.55. The van der Waals surface area contributed by atoms with Gasteiger partial charge in [-0.1, -0.05) is 24.3 Å². The summed E-state index contributed by atoms with van der Waals surface area (Å²) in [6, 6.07) is 15.1. The summed E-state index contributed by atoms with van der Waals surface area (Å²) < 4.78 is 0. The van der Waals surface area contributed by atoms with Gasteiger partial charge in [0.1, 0.15) is 0 Å². The Kier molecular flexibility index (Phi) is 3.14. The van der Waals surface area contributed by atoms with Crippen LogP contribution in [0, 0.1) is 22.7 Å². The van der Waals surface area contributed by atoms with Crippen molar-refractivity contribution in [2.45, 2.75) is 5.92 Å². The summed E-state index contributed by atoms with van der Waals surface area (Å²) in [6.07, 6.45) is 3.32. The number of aromatic nitrogens is 1. The first-order valence-electron chi connectivity index (χ1n) is 5.15. The zero-order valence-electron chi connectivity index (χ0n) is 9.04. The van der Waals surface area contributed by atoms with Crippen molar-refractivity contribution >= 4 is 0 Å². The topological polar surface area (TPSA) is 60.5 Å². The number of hydrogen-bond donors (Lipinski definition) is 0. The molecule has 1 aromatic carbocycles. The Hall–Kier alpha value is -2.65. The molecule has 0 amide bonds. The van der Waals surface area contributed by atoms with Crippen LogP contribution in [0.1, 0.15) is 22.6 Å². The van der Waals surface area contributed by atoms with Crippen molar-refractivity contribution in [2.24, 2.45) is 0 Å². The first kappa shape index (κ1) is 10.9. The minimum absolute atomic E-state index is 0.445. The van der Waals surface area contributed by atoms with Crippen LogP contribution in [0.2, 0.25) is 0 Å². The van der Waals surface area contributed by atoms with Crippen molar-refractivity contribution < 1.29 is 0 Å². The van der Waals surface area contributed by atoms with E-state index < -0.39 is 5.92 Å². The molecule has 0 radical (unpaired) electrons. The molecule has 3 nitrogen and oxygen atoms in total. The van der Waals surface area contributed by atoms with E-state index in [9.17, 15) is 5.26 Å². The van der Waals surface area contributed by atoms with Gasteiger partial charge in [-0.05, 0) is 23.3 Å². The molecule has 2 aromatic rings. The Bertz CT molecular complexity index is 591. The van der Waals surface area contributed by atoms with Crippen LogP contribution in [-0.4, -0.2) is 4.98 Å². The van der Waals surface area contributed by atoms with Crippen LogP contribution >= 0.6 is 0 Å². The molecule has 1 unspecified atom stereocenters. The van der Waals surface area contributed by atoms with E-state index in [0.29, 0.717) is 5.56 Å². The molecule has 17 heavy (non-hydrogen) atoms. The molecule has 0 fully saturated rings. The highest BCUT2D eigenvalue weighted by atomic mass is 14.6. The predicted octanol–water partition coefficient (Wildman–Crippen LogP) is 2.61. The quantitative estimate of drug-likeness (QED) is 0.779. The summed E-state index contributed by atoms with van der Waals surface area (Å²) in [7, 11) is 0. The molecule has 1 heterocycles. The SMILES string of the molecule is N#Cc1ccccc1C(C#N)c1cccnc1. The average Bonchev–Trinajstić information content (AvgIpc) is 2.41. The first-order valence-corrected chi connectivity index (χ1v) is 5.15. The maximum absolute atomic E-state index is 9.27. The first-order chi connectivity index (χ1) is 8.36. The number of nitrogens with zero attached hydrogens (tertiary/aromatic N) is 3. The molecule has 0 bridgehead atoms. The molecule has 0 spiro atoms.